The van der Waals surface area contributed by atoms with Crippen LogP contribution in [0.15, 0.2) is 38.6 Å². The molecule has 31 heavy (non-hydrogen) atoms. The number of carbonyl (C=O) groups excluding carboxylic acids is 1. The van der Waals surface area contributed by atoms with Gasteiger partial charge in [0.05, 0.1) is 12.0 Å². The van der Waals surface area contributed by atoms with E-state index in [1.165, 1.54) is 23.9 Å². The largest absolute Gasteiger partial charge is 0.468 e. The van der Waals surface area contributed by atoms with Crippen LogP contribution in [0.1, 0.15) is 23.2 Å². The number of hydrogen-bond acceptors (Lipinski definition) is 6. The molecule has 0 N–H and O–H groups in total. The van der Waals surface area contributed by atoms with E-state index in [9.17, 15) is 27.6 Å². The molecule has 3 heterocycles. The van der Waals surface area contributed by atoms with Crippen LogP contribution < -0.4 is 11.2 Å². The molecule has 0 bridgehead atoms. The molecule has 0 aliphatic heterocycles. The van der Waals surface area contributed by atoms with Gasteiger partial charge in [0.25, 0.3) is 12.0 Å². The molecular weight excluding hydrogens is 485 g/mol. The minimum absolute atomic E-state index is 0.0169. The van der Waals surface area contributed by atoms with Crippen molar-refractivity contribution in [3.8, 4) is 0 Å². The number of rotatable bonds is 7. The molecule has 0 radical (unpaired) electrons. The van der Waals surface area contributed by atoms with Gasteiger partial charge in [-0.1, -0.05) is 6.07 Å². The highest BCUT2D eigenvalue weighted by atomic mass is 79.9. The molecule has 3 aromatic rings. The lowest BCUT2D eigenvalue weighted by molar-refractivity contribution is -0.141. The number of alkyl halides is 3. The highest BCUT2D eigenvalue weighted by Gasteiger charge is 2.32. The Morgan fingerprint density at radius 2 is 1.94 bits per heavy atom. The number of nitrogens with zero attached hydrogens (tertiary/aromatic N) is 4. The van der Waals surface area contributed by atoms with Crippen LogP contribution >= 0.6 is 15.9 Å². The first-order valence-corrected chi connectivity index (χ1v) is 9.78. The Balaban J connectivity index is 2.10. The zero-order valence-corrected chi connectivity index (χ0v) is 17.7. The molecule has 12 heteroatoms. The zero-order valence-electron chi connectivity index (χ0n) is 16.1. The Morgan fingerprint density at radius 1 is 1.19 bits per heavy atom. The van der Waals surface area contributed by atoms with E-state index in [0.29, 0.717) is 15.6 Å². The lowest BCUT2D eigenvalue weighted by Crippen LogP contribution is -2.40. The summed E-state index contributed by atoms with van der Waals surface area (Å²) < 4.78 is 45.6. The van der Waals surface area contributed by atoms with Gasteiger partial charge in [0.2, 0.25) is 0 Å². The molecule has 0 saturated heterocycles. The maximum Gasteiger partial charge on any atom is 0.433 e. The van der Waals surface area contributed by atoms with E-state index < -0.39 is 23.1 Å². The van der Waals surface area contributed by atoms with Gasteiger partial charge >= 0.3 is 11.9 Å². The number of fused-ring (bicyclic) bond motifs is 1. The highest BCUT2D eigenvalue weighted by molar-refractivity contribution is 9.10. The van der Waals surface area contributed by atoms with Crippen molar-refractivity contribution in [2.45, 2.75) is 25.6 Å². The highest BCUT2D eigenvalue weighted by Crippen LogP contribution is 2.28. The summed E-state index contributed by atoms with van der Waals surface area (Å²) in [5.41, 5.74) is -1.13. The second kappa shape index (κ2) is 9.00. The average molecular weight is 501 g/mol. The van der Waals surface area contributed by atoms with Crippen molar-refractivity contribution in [3.05, 3.63) is 66.7 Å². The maximum absolute atomic E-state index is 13.1. The first-order valence-electron chi connectivity index (χ1n) is 8.99. The fourth-order valence-electron chi connectivity index (χ4n) is 3.11. The smallest absolute Gasteiger partial charge is 0.433 e. The molecule has 3 aromatic heterocycles. The minimum atomic E-state index is -4.55. The fraction of sp³-hybridized carbons (Fsp3) is 0.316. The predicted molar refractivity (Wildman–Crippen MR) is 108 cm³/mol. The Bertz CT molecular complexity index is 1240. The molecule has 164 valence electrons. The molecule has 0 amide bonds. The quantitative estimate of drug-likeness (QED) is 0.365. The minimum Gasteiger partial charge on any atom is -0.468 e. The second-order valence-electron chi connectivity index (χ2n) is 6.63. The third-order valence-corrected chi connectivity index (χ3v) is 5.30. The van der Waals surface area contributed by atoms with Gasteiger partial charge in [-0.3, -0.25) is 23.7 Å². The van der Waals surface area contributed by atoms with Gasteiger partial charge in [0.15, 0.2) is 0 Å². The molecule has 0 atom stereocenters. The molecule has 8 nitrogen and oxygen atoms in total. The molecule has 3 rings (SSSR count). The lowest BCUT2D eigenvalue weighted by Gasteiger charge is -2.14. The summed E-state index contributed by atoms with van der Waals surface area (Å²) in [4.78, 5) is 43.6. The van der Waals surface area contributed by atoms with Gasteiger partial charge in [0.1, 0.15) is 11.3 Å². The number of halogens is 4. The summed E-state index contributed by atoms with van der Waals surface area (Å²) in [6.45, 7) is 0.333. The first-order chi connectivity index (χ1) is 14.6. The third-order valence-electron chi connectivity index (χ3n) is 4.62. The van der Waals surface area contributed by atoms with Crippen molar-refractivity contribution in [1.29, 1.82) is 0 Å². The van der Waals surface area contributed by atoms with Crippen LogP contribution in [-0.2, 0) is 35.7 Å². The first kappa shape index (κ1) is 22.7. The van der Waals surface area contributed by atoms with Crippen LogP contribution in [0.5, 0.6) is 0 Å². The van der Waals surface area contributed by atoms with Crippen LogP contribution in [0, 0.1) is 0 Å². The van der Waals surface area contributed by atoms with Crippen molar-refractivity contribution in [1.82, 2.24) is 19.1 Å². The van der Waals surface area contributed by atoms with E-state index in [2.05, 4.69) is 30.6 Å². The third kappa shape index (κ3) is 4.68. The summed E-state index contributed by atoms with van der Waals surface area (Å²) in [7, 11) is 1.47. The van der Waals surface area contributed by atoms with Gasteiger partial charge < -0.3 is 4.74 Å². The van der Waals surface area contributed by atoms with Crippen LogP contribution in [-0.4, -0.2) is 32.2 Å². The Kier molecular flexibility index (Phi) is 6.58. The lowest BCUT2D eigenvalue weighted by atomic mass is 10.0. The number of pyridine rings is 2. The molecule has 0 aliphatic carbocycles. The Morgan fingerprint density at radius 3 is 2.55 bits per heavy atom. The van der Waals surface area contributed by atoms with Gasteiger partial charge in [0, 0.05) is 36.9 Å². The van der Waals surface area contributed by atoms with Crippen LogP contribution in [0.3, 0.4) is 0 Å². The molecule has 0 aromatic carbocycles. The number of aryl methyl sites for hydroxylation is 1. The van der Waals surface area contributed by atoms with Crippen molar-refractivity contribution >= 4 is 33.4 Å². The summed E-state index contributed by atoms with van der Waals surface area (Å²) in [6, 6.07) is 2.15. The maximum atomic E-state index is 13.1. The number of hydrogen-bond donors (Lipinski definition) is 0. The van der Waals surface area contributed by atoms with Crippen molar-refractivity contribution in [2.75, 3.05) is 6.61 Å². The van der Waals surface area contributed by atoms with E-state index in [-0.39, 0.29) is 43.5 Å². The van der Waals surface area contributed by atoms with Crippen molar-refractivity contribution in [3.63, 3.8) is 0 Å². The molecule has 0 spiro atoms. The summed E-state index contributed by atoms with van der Waals surface area (Å²) in [5, 5.41) is 0.160. The zero-order chi connectivity index (χ0) is 22.8. The van der Waals surface area contributed by atoms with Crippen LogP contribution in [0.25, 0.3) is 11.0 Å². The summed E-state index contributed by atoms with van der Waals surface area (Å²) >= 11 is 3.34. The second-order valence-corrected chi connectivity index (χ2v) is 7.48. The standard InChI is InChI=1S/C19H16BrF3N4O4/c1-26-16-15(17(29)27(18(26)30)5-2-6-31-10-28)12(13(20)9-25-16)7-11-3-4-14(24-8-11)19(21,22)23/h3-4,8-10H,2,5-7H2,1H3. The fourth-order valence-corrected chi connectivity index (χ4v) is 3.55. The van der Waals surface area contributed by atoms with E-state index in [4.69, 9.17) is 0 Å². The van der Waals surface area contributed by atoms with Gasteiger partial charge in [-0.05, 0) is 39.5 Å². The average Bonchev–Trinajstić information content (AvgIpc) is 2.72. The Labute approximate surface area is 181 Å². The Hall–Kier alpha value is -3.02. The van der Waals surface area contributed by atoms with E-state index in [1.54, 1.807) is 0 Å². The summed E-state index contributed by atoms with van der Waals surface area (Å²) in [5.74, 6) is 0. The van der Waals surface area contributed by atoms with Gasteiger partial charge in [-0.25, -0.2) is 9.78 Å². The molecule has 0 saturated carbocycles. The number of aromatic nitrogens is 4. The number of carbonyl (C=O) groups is 1. The van der Waals surface area contributed by atoms with E-state index in [0.717, 1.165) is 16.8 Å². The molecule has 0 fully saturated rings. The van der Waals surface area contributed by atoms with E-state index in [1.807, 2.05) is 0 Å². The normalized spacial score (nSPS) is 11.6. The molecular formula is C19H16BrF3N4O4. The van der Waals surface area contributed by atoms with Gasteiger partial charge in [-0.15, -0.1) is 0 Å². The topological polar surface area (TPSA) is 96.1 Å². The van der Waals surface area contributed by atoms with Crippen LogP contribution in [0.4, 0.5) is 13.2 Å². The van der Waals surface area contributed by atoms with Crippen LogP contribution in [0.2, 0.25) is 0 Å². The predicted octanol–water partition coefficient (Wildman–Crippen LogP) is 2.43. The molecule has 0 aliphatic rings. The van der Waals surface area contributed by atoms with Crippen molar-refractivity contribution < 1.29 is 22.7 Å². The van der Waals surface area contributed by atoms with E-state index >= 15 is 0 Å². The number of ether oxygens (including phenoxy) is 1. The monoisotopic (exact) mass is 500 g/mol. The molecule has 0 unspecified atom stereocenters. The summed E-state index contributed by atoms with van der Waals surface area (Å²) in [6.07, 6.45) is -1.69. The van der Waals surface area contributed by atoms with Gasteiger partial charge in [-0.2, -0.15) is 13.2 Å². The SMILES string of the molecule is Cn1c(=O)n(CCCOC=O)c(=O)c2c(Cc3ccc(C(F)(F)F)nc3)c(Br)cnc21. The van der Waals surface area contributed by atoms with Crippen molar-refractivity contribution in [2.24, 2.45) is 7.05 Å².